The molecule has 0 radical (unpaired) electrons. The van der Waals surface area contributed by atoms with E-state index in [1.54, 1.807) is 0 Å². The molecule has 1 N–H and O–H groups in total. The fourth-order valence-corrected chi connectivity index (χ4v) is 3.58. The second-order valence-corrected chi connectivity index (χ2v) is 7.37. The topological polar surface area (TPSA) is 46.9 Å². The van der Waals surface area contributed by atoms with Crippen LogP contribution in [-0.2, 0) is 11.3 Å². The van der Waals surface area contributed by atoms with Crippen molar-refractivity contribution in [2.24, 2.45) is 0 Å². The van der Waals surface area contributed by atoms with Crippen LogP contribution < -0.4 is 5.32 Å². The van der Waals surface area contributed by atoms with Crippen molar-refractivity contribution in [1.29, 1.82) is 0 Å². The van der Waals surface area contributed by atoms with Gasteiger partial charge in [0.2, 0.25) is 5.91 Å². The Morgan fingerprint density at radius 3 is 2.41 bits per heavy atom. The number of benzene rings is 1. The molecule has 0 saturated heterocycles. The number of nitrogens with zero attached hydrogens (tertiary/aromatic N) is 2. The van der Waals surface area contributed by atoms with Crippen molar-refractivity contribution in [1.82, 2.24) is 14.9 Å². The summed E-state index contributed by atoms with van der Waals surface area (Å²) in [5.74, 6) is 0.759. The van der Waals surface area contributed by atoms with Crippen molar-refractivity contribution in [2.45, 2.75) is 84.2 Å². The number of fused-ring (bicyclic) bond motifs is 1. The number of aromatic nitrogens is 2. The zero-order valence-corrected chi connectivity index (χ0v) is 17.0. The van der Waals surface area contributed by atoms with E-state index < -0.39 is 0 Å². The van der Waals surface area contributed by atoms with E-state index in [2.05, 4.69) is 29.5 Å². The zero-order chi connectivity index (χ0) is 19.5. The van der Waals surface area contributed by atoms with Crippen molar-refractivity contribution in [3.63, 3.8) is 0 Å². The molecule has 1 unspecified atom stereocenters. The summed E-state index contributed by atoms with van der Waals surface area (Å²) < 4.78 is 2.27. The van der Waals surface area contributed by atoms with Crippen molar-refractivity contribution in [3.05, 3.63) is 42.7 Å². The maximum absolute atomic E-state index is 11.7. The first-order chi connectivity index (χ1) is 13.2. The van der Waals surface area contributed by atoms with Crippen LogP contribution in [0.3, 0.4) is 0 Å². The third-order valence-corrected chi connectivity index (χ3v) is 5.10. The largest absolute Gasteiger partial charge is 0.343 e. The smallest absolute Gasteiger partial charge is 0.243 e. The predicted octanol–water partition coefficient (Wildman–Crippen LogP) is 5.93. The van der Waals surface area contributed by atoms with E-state index in [-0.39, 0.29) is 11.9 Å². The van der Waals surface area contributed by atoms with E-state index in [0.29, 0.717) is 0 Å². The Hall–Kier alpha value is -2.10. The molecule has 0 aliphatic carbocycles. The quantitative estimate of drug-likeness (QED) is 0.351. The molecule has 1 atom stereocenters. The third kappa shape index (κ3) is 6.53. The molecule has 148 valence electrons. The summed E-state index contributed by atoms with van der Waals surface area (Å²) in [6.45, 7) is 8.72. The zero-order valence-electron chi connectivity index (χ0n) is 17.0. The highest BCUT2D eigenvalue weighted by atomic mass is 16.1. The maximum Gasteiger partial charge on any atom is 0.243 e. The van der Waals surface area contributed by atoms with Crippen LogP contribution in [0.1, 0.15) is 83.5 Å². The normalized spacial score (nSPS) is 12.2. The number of carbonyl (C=O) groups excluding carboxylic acids is 1. The van der Waals surface area contributed by atoms with Crippen LogP contribution in [0.15, 0.2) is 36.9 Å². The van der Waals surface area contributed by atoms with Crippen LogP contribution in [0.5, 0.6) is 0 Å². The van der Waals surface area contributed by atoms with Gasteiger partial charge in [0.25, 0.3) is 0 Å². The number of hydrogen-bond donors (Lipinski definition) is 1. The summed E-state index contributed by atoms with van der Waals surface area (Å²) in [5, 5.41) is 2.94. The fraction of sp³-hybridized carbons (Fsp3) is 0.565. The third-order valence-electron chi connectivity index (χ3n) is 5.10. The van der Waals surface area contributed by atoms with Gasteiger partial charge in [0, 0.05) is 6.54 Å². The van der Waals surface area contributed by atoms with Crippen LogP contribution in [0, 0.1) is 0 Å². The van der Waals surface area contributed by atoms with E-state index in [4.69, 9.17) is 4.98 Å². The maximum atomic E-state index is 11.7. The molecular weight excluding hydrogens is 334 g/mol. The monoisotopic (exact) mass is 369 g/mol. The van der Waals surface area contributed by atoms with Crippen molar-refractivity contribution < 1.29 is 4.79 Å². The Morgan fingerprint density at radius 1 is 1.11 bits per heavy atom. The Bertz CT molecular complexity index is 719. The van der Waals surface area contributed by atoms with Gasteiger partial charge in [-0.3, -0.25) is 4.79 Å². The van der Waals surface area contributed by atoms with Gasteiger partial charge >= 0.3 is 0 Å². The number of para-hydroxylation sites is 2. The molecule has 2 aromatic rings. The molecule has 0 fully saturated rings. The number of amides is 1. The number of aryl methyl sites for hydroxylation is 1. The Labute approximate surface area is 164 Å². The predicted molar refractivity (Wildman–Crippen MR) is 114 cm³/mol. The van der Waals surface area contributed by atoms with Gasteiger partial charge in [0.15, 0.2) is 0 Å². The van der Waals surface area contributed by atoms with Gasteiger partial charge in [-0.15, -0.1) is 0 Å². The minimum Gasteiger partial charge on any atom is -0.343 e. The molecule has 1 heterocycles. The number of hydrogen-bond acceptors (Lipinski definition) is 2. The molecule has 27 heavy (non-hydrogen) atoms. The molecule has 4 heteroatoms. The highest BCUT2D eigenvalue weighted by molar-refractivity contribution is 5.87. The van der Waals surface area contributed by atoms with Crippen LogP contribution >= 0.6 is 0 Å². The van der Waals surface area contributed by atoms with Crippen molar-refractivity contribution in [3.8, 4) is 0 Å². The van der Waals surface area contributed by atoms with Crippen LogP contribution in [-0.4, -0.2) is 15.5 Å². The number of rotatable bonds is 13. The van der Waals surface area contributed by atoms with E-state index >= 15 is 0 Å². The summed E-state index contributed by atoms with van der Waals surface area (Å²) in [6.07, 6.45) is 13.2. The first-order valence-corrected chi connectivity index (χ1v) is 10.6. The van der Waals surface area contributed by atoms with E-state index in [1.165, 1.54) is 57.4 Å². The molecule has 0 aliphatic heterocycles. The lowest BCUT2D eigenvalue weighted by atomic mass is 10.1. The molecule has 4 nitrogen and oxygen atoms in total. The van der Waals surface area contributed by atoms with Crippen LogP contribution in [0.2, 0.25) is 0 Å². The lowest BCUT2D eigenvalue weighted by molar-refractivity contribution is -0.117. The fourth-order valence-electron chi connectivity index (χ4n) is 3.58. The lowest BCUT2D eigenvalue weighted by Gasteiger charge is -2.15. The highest BCUT2D eigenvalue weighted by Crippen LogP contribution is 2.22. The average Bonchev–Trinajstić information content (AvgIpc) is 3.05. The summed E-state index contributed by atoms with van der Waals surface area (Å²) in [5.41, 5.74) is 2.13. The molecule has 0 spiro atoms. The first kappa shape index (κ1) is 21.2. The Morgan fingerprint density at radius 2 is 1.74 bits per heavy atom. The lowest BCUT2D eigenvalue weighted by Crippen LogP contribution is -2.27. The second kappa shape index (κ2) is 11.6. The standard InChI is InChI=1S/C23H35N3O/c1-4-6-7-8-9-10-11-12-15-18-26-21-17-14-13-16-20(21)25-23(26)19(3)24-22(27)5-2/h5,13-14,16-17,19H,2,4,6-12,15,18H2,1,3H3,(H,24,27). The average molecular weight is 370 g/mol. The van der Waals surface area contributed by atoms with Crippen LogP contribution in [0.25, 0.3) is 11.0 Å². The molecule has 1 amide bonds. The molecule has 1 aromatic heterocycles. The summed E-state index contributed by atoms with van der Waals surface area (Å²) >= 11 is 0. The van der Waals surface area contributed by atoms with Gasteiger partial charge in [-0.05, 0) is 31.6 Å². The number of carbonyl (C=O) groups is 1. The van der Waals surface area contributed by atoms with E-state index in [1.807, 2.05) is 25.1 Å². The molecule has 1 aromatic carbocycles. The van der Waals surface area contributed by atoms with Gasteiger partial charge in [-0.2, -0.15) is 0 Å². The second-order valence-electron chi connectivity index (χ2n) is 7.37. The van der Waals surface area contributed by atoms with Gasteiger partial charge in [-0.1, -0.05) is 77.0 Å². The first-order valence-electron chi connectivity index (χ1n) is 10.6. The Balaban J connectivity index is 1.90. The van der Waals surface area contributed by atoms with E-state index in [0.717, 1.165) is 29.8 Å². The number of nitrogens with one attached hydrogen (secondary N) is 1. The molecule has 2 rings (SSSR count). The molecule has 0 saturated carbocycles. The molecular formula is C23H35N3O. The minimum absolute atomic E-state index is 0.138. The van der Waals surface area contributed by atoms with Gasteiger partial charge in [0.1, 0.15) is 5.82 Å². The molecule has 0 bridgehead atoms. The van der Waals surface area contributed by atoms with Crippen molar-refractivity contribution in [2.75, 3.05) is 0 Å². The van der Waals surface area contributed by atoms with Crippen LogP contribution in [0.4, 0.5) is 0 Å². The summed E-state index contributed by atoms with van der Waals surface area (Å²) in [4.78, 5) is 16.5. The van der Waals surface area contributed by atoms with Gasteiger partial charge in [0.05, 0.1) is 17.1 Å². The van der Waals surface area contributed by atoms with Crippen molar-refractivity contribution >= 4 is 16.9 Å². The SMILES string of the molecule is C=CC(=O)NC(C)c1nc2ccccc2n1CCCCCCCCCCC. The number of unbranched alkanes of at least 4 members (excludes halogenated alkanes) is 8. The molecule has 0 aliphatic rings. The van der Waals surface area contributed by atoms with E-state index in [9.17, 15) is 4.79 Å². The summed E-state index contributed by atoms with van der Waals surface area (Å²) in [7, 11) is 0. The van der Waals surface area contributed by atoms with Gasteiger partial charge in [-0.25, -0.2) is 4.98 Å². The Kier molecular flexibility index (Phi) is 9.09. The van der Waals surface area contributed by atoms with Gasteiger partial charge < -0.3 is 9.88 Å². The minimum atomic E-state index is -0.163. The number of imidazole rings is 1. The highest BCUT2D eigenvalue weighted by Gasteiger charge is 2.17. The summed E-state index contributed by atoms with van der Waals surface area (Å²) in [6, 6.07) is 8.07.